The Hall–Kier alpha value is -1.42. The lowest BCUT2D eigenvalue weighted by Gasteiger charge is -2.21. The highest BCUT2D eigenvalue weighted by molar-refractivity contribution is 7.10. The minimum Gasteiger partial charge on any atom is -0.299 e. The quantitative estimate of drug-likeness (QED) is 0.843. The molecule has 2 aromatic rings. The van der Waals surface area contributed by atoms with Gasteiger partial charge >= 0.3 is 0 Å². The molecule has 0 N–H and O–H groups in total. The van der Waals surface area contributed by atoms with Gasteiger partial charge in [-0.2, -0.15) is 5.10 Å². The van der Waals surface area contributed by atoms with Gasteiger partial charge in [0.15, 0.2) is 0 Å². The first kappa shape index (κ1) is 14.5. The van der Waals surface area contributed by atoms with Crippen LogP contribution in [0.4, 0.5) is 0 Å². The van der Waals surface area contributed by atoms with Crippen LogP contribution in [0.5, 0.6) is 0 Å². The minimum absolute atomic E-state index is 0.102. The van der Waals surface area contributed by atoms with E-state index in [1.54, 1.807) is 11.3 Å². The number of Topliss-reactive ketones (excluding diaryl/α,β-unsaturated/α-hetero) is 1. The number of ketones is 1. The molecule has 0 spiro atoms. The predicted molar refractivity (Wildman–Crippen MR) is 86.0 cm³/mol. The maximum atomic E-state index is 12.8. The van der Waals surface area contributed by atoms with Gasteiger partial charge < -0.3 is 0 Å². The fraction of sp³-hybridized carbons (Fsp3) is 0.529. The molecule has 2 aromatic heterocycles. The van der Waals surface area contributed by atoms with E-state index in [2.05, 4.69) is 36.5 Å². The lowest BCUT2D eigenvalue weighted by atomic mass is 9.83. The van der Waals surface area contributed by atoms with Gasteiger partial charge in [0, 0.05) is 29.5 Å². The van der Waals surface area contributed by atoms with Gasteiger partial charge in [0.2, 0.25) is 0 Å². The number of aromatic nitrogens is 2. The number of aryl methyl sites for hydroxylation is 3. The van der Waals surface area contributed by atoms with Gasteiger partial charge in [-0.05, 0) is 55.7 Å². The van der Waals surface area contributed by atoms with Crippen LogP contribution in [0.15, 0.2) is 17.5 Å². The lowest BCUT2D eigenvalue weighted by Crippen LogP contribution is -2.20. The Kier molecular flexibility index (Phi) is 4.24. The first-order valence-electron chi connectivity index (χ1n) is 7.87. The van der Waals surface area contributed by atoms with E-state index < -0.39 is 0 Å². The van der Waals surface area contributed by atoms with Crippen molar-refractivity contribution in [3.8, 4) is 0 Å². The summed E-state index contributed by atoms with van der Waals surface area (Å²) in [5.74, 6) is 0.455. The summed E-state index contributed by atoms with van der Waals surface area (Å²) in [5.41, 5.74) is 3.44. The highest BCUT2D eigenvalue weighted by atomic mass is 32.1. The Morgan fingerprint density at radius 1 is 1.48 bits per heavy atom. The van der Waals surface area contributed by atoms with Crippen LogP contribution in [0, 0.1) is 0 Å². The van der Waals surface area contributed by atoms with E-state index in [4.69, 9.17) is 0 Å². The molecular weight excluding hydrogens is 280 g/mol. The zero-order valence-electron chi connectivity index (χ0n) is 12.8. The number of nitrogens with zero attached hydrogens (tertiary/aromatic N) is 2. The molecule has 21 heavy (non-hydrogen) atoms. The molecule has 0 radical (unpaired) electrons. The van der Waals surface area contributed by atoms with Crippen molar-refractivity contribution in [1.82, 2.24) is 9.78 Å². The third kappa shape index (κ3) is 2.82. The molecule has 0 amide bonds. The molecule has 1 atom stereocenters. The molecule has 0 aliphatic heterocycles. The summed E-state index contributed by atoms with van der Waals surface area (Å²) in [5, 5.41) is 6.67. The summed E-state index contributed by atoms with van der Waals surface area (Å²) < 4.78 is 1.98. The highest BCUT2D eigenvalue weighted by Crippen LogP contribution is 2.36. The molecule has 2 heterocycles. The van der Waals surface area contributed by atoms with Gasteiger partial charge in [0.1, 0.15) is 5.78 Å². The standard InChI is InChI=1S/C17H22N2OS/c1-3-12-10-13(19(4-2)18-12)11-16(20)14-6-5-7-17-15(14)8-9-21-17/h8-10,14H,3-7,11H2,1-2H3. The SMILES string of the molecule is CCc1cc(CC(=O)C2CCCc3sccc32)n(CC)n1. The second kappa shape index (κ2) is 6.14. The number of hydrogen-bond donors (Lipinski definition) is 0. The van der Waals surface area contributed by atoms with Crippen molar-refractivity contribution in [1.29, 1.82) is 0 Å². The fourth-order valence-corrected chi connectivity index (χ4v) is 4.21. The summed E-state index contributed by atoms with van der Waals surface area (Å²) in [7, 11) is 0. The molecule has 3 nitrogen and oxygen atoms in total. The molecule has 112 valence electrons. The number of carbonyl (C=O) groups excluding carboxylic acids is 1. The zero-order valence-corrected chi connectivity index (χ0v) is 13.6. The van der Waals surface area contributed by atoms with Crippen molar-refractivity contribution in [3.05, 3.63) is 39.3 Å². The molecule has 1 aliphatic rings. The Bertz CT molecular complexity index is 641. The summed E-state index contributed by atoms with van der Waals surface area (Å²) in [6.07, 6.45) is 4.72. The molecule has 0 fully saturated rings. The molecule has 0 saturated heterocycles. The molecule has 1 unspecified atom stereocenters. The zero-order chi connectivity index (χ0) is 14.8. The van der Waals surface area contributed by atoms with Crippen LogP contribution in [-0.4, -0.2) is 15.6 Å². The molecule has 0 saturated carbocycles. The Morgan fingerprint density at radius 3 is 3.10 bits per heavy atom. The average molecular weight is 302 g/mol. The summed E-state index contributed by atoms with van der Waals surface area (Å²) in [6.45, 7) is 5.02. The number of fused-ring (bicyclic) bond motifs is 1. The van der Waals surface area contributed by atoms with Gasteiger partial charge in [-0.15, -0.1) is 11.3 Å². The second-order valence-corrected chi connectivity index (χ2v) is 6.68. The fourth-order valence-electron chi connectivity index (χ4n) is 3.23. The highest BCUT2D eigenvalue weighted by Gasteiger charge is 2.27. The van der Waals surface area contributed by atoms with E-state index in [0.717, 1.165) is 43.6 Å². The third-order valence-corrected chi connectivity index (χ3v) is 5.37. The van der Waals surface area contributed by atoms with Crippen molar-refractivity contribution in [2.75, 3.05) is 0 Å². The monoisotopic (exact) mass is 302 g/mol. The van der Waals surface area contributed by atoms with Crippen molar-refractivity contribution in [2.45, 2.75) is 58.4 Å². The number of carbonyl (C=O) groups is 1. The first-order chi connectivity index (χ1) is 10.2. The van der Waals surface area contributed by atoms with Crippen LogP contribution in [0.3, 0.4) is 0 Å². The van der Waals surface area contributed by atoms with Crippen LogP contribution in [0.1, 0.15) is 54.4 Å². The average Bonchev–Trinajstić information content (AvgIpc) is 3.12. The number of thiophene rings is 1. The molecule has 3 rings (SSSR count). The Balaban J connectivity index is 1.80. The lowest BCUT2D eigenvalue weighted by molar-refractivity contribution is -0.120. The normalized spacial score (nSPS) is 17.7. The van der Waals surface area contributed by atoms with Crippen LogP contribution in [-0.2, 0) is 30.6 Å². The topological polar surface area (TPSA) is 34.9 Å². The van der Waals surface area contributed by atoms with Crippen molar-refractivity contribution >= 4 is 17.1 Å². The van der Waals surface area contributed by atoms with E-state index in [9.17, 15) is 4.79 Å². The smallest absolute Gasteiger partial charge is 0.146 e. The van der Waals surface area contributed by atoms with Crippen molar-refractivity contribution in [2.24, 2.45) is 0 Å². The van der Waals surface area contributed by atoms with Crippen molar-refractivity contribution in [3.63, 3.8) is 0 Å². The molecule has 0 bridgehead atoms. The molecular formula is C17H22N2OS. The molecule has 0 aromatic carbocycles. The van der Waals surface area contributed by atoms with Gasteiger partial charge in [-0.1, -0.05) is 6.92 Å². The maximum Gasteiger partial charge on any atom is 0.146 e. The summed E-state index contributed by atoms with van der Waals surface area (Å²) >= 11 is 1.80. The van der Waals surface area contributed by atoms with E-state index in [1.807, 2.05) is 4.68 Å². The minimum atomic E-state index is 0.102. The van der Waals surface area contributed by atoms with Gasteiger partial charge in [0.05, 0.1) is 5.69 Å². The van der Waals surface area contributed by atoms with Crippen LogP contribution >= 0.6 is 11.3 Å². The second-order valence-electron chi connectivity index (χ2n) is 5.68. The Morgan fingerprint density at radius 2 is 2.33 bits per heavy atom. The summed E-state index contributed by atoms with van der Waals surface area (Å²) in [4.78, 5) is 14.2. The maximum absolute atomic E-state index is 12.8. The van der Waals surface area contributed by atoms with Gasteiger partial charge in [-0.25, -0.2) is 0 Å². The number of rotatable bonds is 5. The van der Waals surface area contributed by atoms with E-state index >= 15 is 0 Å². The van der Waals surface area contributed by atoms with Crippen molar-refractivity contribution < 1.29 is 4.79 Å². The van der Waals surface area contributed by atoms with Crippen LogP contribution < -0.4 is 0 Å². The largest absolute Gasteiger partial charge is 0.299 e. The molecule has 1 aliphatic carbocycles. The predicted octanol–water partition coefficient (Wildman–Crippen LogP) is 3.76. The van der Waals surface area contributed by atoms with Crippen LogP contribution in [0.25, 0.3) is 0 Å². The van der Waals surface area contributed by atoms with Gasteiger partial charge in [0.25, 0.3) is 0 Å². The third-order valence-electron chi connectivity index (χ3n) is 4.37. The van der Waals surface area contributed by atoms with E-state index in [0.29, 0.717) is 12.2 Å². The first-order valence-corrected chi connectivity index (χ1v) is 8.75. The summed E-state index contributed by atoms with van der Waals surface area (Å²) in [6, 6.07) is 4.25. The number of hydrogen-bond acceptors (Lipinski definition) is 3. The molecule has 4 heteroatoms. The van der Waals surface area contributed by atoms with E-state index in [-0.39, 0.29) is 5.92 Å². The van der Waals surface area contributed by atoms with E-state index in [1.165, 1.54) is 10.4 Å². The van der Waals surface area contributed by atoms with Gasteiger partial charge in [-0.3, -0.25) is 9.48 Å². The Labute approximate surface area is 130 Å². The van der Waals surface area contributed by atoms with Crippen LogP contribution in [0.2, 0.25) is 0 Å².